The normalized spacial score (nSPS) is 21.9. The molecule has 0 aromatic carbocycles. The fourth-order valence-electron chi connectivity index (χ4n) is 0.851. The van der Waals surface area contributed by atoms with E-state index in [4.69, 9.17) is 4.18 Å². The van der Waals surface area contributed by atoms with Gasteiger partial charge in [0.25, 0.3) is 0 Å². The first-order valence-electron chi connectivity index (χ1n) is 5.34. The van der Waals surface area contributed by atoms with Crippen LogP contribution in [0.2, 0.25) is 0 Å². The lowest BCUT2D eigenvalue weighted by atomic mass is 10.4. The topological polar surface area (TPSA) is 38.3 Å². The Kier molecular flexibility index (Phi) is 4.26. The first-order valence-corrected chi connectivity index (χ1v) is 6.08. The molecule has 2 fully saturated rings. The molecule has 2 aliphatic rings. The van der Waals surface area contributed by atoms with Crippen LogP contribution in [0, 0.1) is 5.92 Å². The zero-order valence-electron chi connectivity index (χ0n) is 9.13. The highest BCUT2D eigenvalue weighted by Crippen LogP contribution is 2.41. The van der Waals surface area contributed by atoms with Crippen LogP contribution in [0.4, 0.5) is 0 Å². The fourth-order valence-corrected chi connectivity index (χ4v) is 1.51. The third-order valence-electron chi connectivity index (χ3n) is 2.29. The van der Waals surface area contributed by atoms with Crippen LogP contribution in [-0.4, -0.2) is 11.5 Å². The Bertz CT molecular complexity index is 200. The van der Waals surface area contributed by atoms with Crippen LogP contribution in [0.5, 0.6) is 0 Å². The minimum Gasteiger partial charge on any atom is -0.290 e. The van der Waals surface area contributed by atoms with E-state index in [-0.39, 0.29) is 17.4 Å². The summed E-state index contributed by atoms with van der Waals surface area (Å²) in [6.45, 7) is 6.06. The van der Waals surface area contributed by atoms with Crippen LogP contribution in [-0.2, 0) is 8.98 Å². The molecule has 2 aliphatic carbocycles. The Morgan fingerprint density at radius 2 is 2.00 bits per heavy atom. The summed E-state index contributed by atoms with van der Waals surface area (Å²) in [5.74, 6) is 0.400. The molecule has 0 heterocycles. The molecule has 14 heavy (non-hydrogen) atoms. The molecule has 82 valence electrons. The molecule has 0 spiro atoms. The van der Waals surface area contributed by atoms with Gasteiger partial charge in [0.1, 0.15) is 12.2 Å². The summed E-state index contributed by atoms with van der Waals surface area (Å²) >= 11 is 1.10. The van der Waals surface area contributed by atoms with Crippen LogP contribution in [0.25, 0.3) is 0 Å². The smallest absolute Gasteiger partial charge is 0.234 e. The van der Waals surface area contributed by atoms with Crippen molar-refractivity contribution in [2.75, 3.05) is 0 Å². The molecule has 4 heteroatoms. The van der Waals surface area contributed by atoms with E-state index in [9.17, 15) is 4.79 Å². The van der Waals surface area contributed by atoms with Gasteiger partial charge in [0.05, 0.1) is 5.60 Å². The van der Waals surface area contributed by atoms with Crippen molar-refractivity contribution in [3.8, 4) is 0 Å². The van der Waals surface area contributed by atoms with Gasteiger partial charge >= 0.3 is 0 Å². The lowest BCUT2D eigenvalue weighted by molar-refractivity contribution is -0.120. The minimum absolute atomic E-state index is 0.0432. The third-order valence-corrected chi connectivity index (χ3v) is 3.06. The van der Waals surface area contributed by atoms with Crippen LogP contribution in [0.1, 0.15) is 46.5 Å². The van der Waals surface area contributed by atoms with Crippen molar-refractivity contribution in [1.82, 2.24) is 4.72 Å². The molecule has 3 nitrogen and oxygen atoms in total. The maximum absolute atomic E-state index is 11.1. The van der Waals surface area contributed by atoms with Gasteiger partial charge in [0, 0.05) is 5.92 Å². The van der Waals surface area contributed by atoms with Gasteiger partial charge in [0.2, 0.25) is 5.91 Å². The van der Waals surface area contributed by atoms with E-state index in [2.05, 4.69) is 11.6 Å². The molecule has 0 bridgehead atoms. The van der Waals surface area contributed by atoms with Gasteiger partial charge in [-0.1, -0.05) is 13.8 Å². The summed E-state index contributed by atoms with van der Waals surface area (Å²) in [5.41, 5.74) is 0.0432. The minimum atomic E-state index is 0.0432. The molecule has 2 saturated carbocycles. The first-order chi connectivity index (χ1) is 6.70. The maximum atomic E-state index is 11.1. The summed E-state index contributed by atoms with van der Waals surface area (Å²) in [5, 5.41) is 0. The highest BCUT2D eigenvalue weighted by molar-refractivity contribution is 7.93. The Morgan fingerprint density at radius 1 is 1.43 bits per heavy atom. The number of carbonyl (C=O) groups excluding carboxylic acids is 1. The summed E-state index contributed by atoms with van der Waals surface area (Å²) in [6, 6.07) is 0. The van der Waals surface area contributed by atoms with Crippen molar-refractivity contribution in [1.29, 1.82) is 0 Å². The standard InChI is InChI=1S/C8H13NO2S.C2H6/c1-8(4-5-8)11-12-9-7(10)6-2-3-6;1-2/h6H,2-5H2,1H3,(H,9,10);1-2H3. The molecule has 1 amide bonds. The van der Waals surface area contributed by atoms with Crippen LogP contribution in [0.3, 0.4) is 0 Å². The second kappa shape index (κ2) is 5.03. The molecule has 0 aromatic heterocycles. The number of carbonyl (C=O) groups is 1. The van der Waals surface area contributed by atoms with E-state index in [0.717, 1.165) is 37.9 Å². The van der Waals surface area contributed by atoms with Crippen molar-refractivity contribution in [3.05, 3.63) is 0 Å². The van der Waals surface area contributed by atoms with Crippen molar-refractivity contribution in [3.63, 3.8) is 0 Å². The summed E-state index contributed by atoms with van der Waals surface area (Å²) in [7, 11) is 0. The second-order valence-corrected chi connectivity index (χ2v) is 4.39. The van der Waals surface area contributed by atoms with Gasteiger partial charge < -0.3 is 0 Å². The molecule has 0 saturated heterocycles. The van der Waals surface area contributed by atoms with Crippen LogP contribution in [0.15, 0.2) is 0 Å². The van der Waals surface area contributed by atoms with Gasteiger partial charge in [-0.25, -0.2) is 0 Å². The van der Waals surface area contributed by atoms with Crippen molar-refractivity contribution >= 4 is 18.1 Å². The van der Waals surface area contributed by atoms with E-state index in [1.165, 1.54) is 0 Å². The Morgan fingerprint density at radius 3 is 2.43 bits per heavy atom. The monoisotopic (exact) mass is 217 g/mol. The molecule has 0 aromatic rings. The van der Waals surface area contributed by atoms with Crippen molar-refractivity contribution < 1.29 is 8.98 Å². The Hall–Kier alpha value is -0.220. The average molecular weight is 217 g/mol. The SMILES string of the molecule is CC.CC1(OSNC(=O)C2CC2)CC1. The number of hydrogen-bond donors (Lipinski definition) is 1. The van der Waals surface area contributed by atoms with Crippen molar-refractivity contribution in [2.45, 2.75) is 52.1 Å². The number of nitrogens with one attached hydrogen (secondary N) is 1. The van der Waals surface area contributed by atoms with Crippen LogP contribution < -0.4 is 4.72 Å². The molecule has 2 rings (SSSR count). The van der Waals surface area contributed by atoms with E-state index < -0.39 is 0 Å². The molecule has 0 atom stereocenters. The van der Waals surface area contributed by atoms with Crippen molar-refractivity contribution in [2.24, 2.45) is 5.92 Å². The van der Waals surface area contributed by atoms with E-state index in [0.29, 0.717) is 0 Å². The molecular weight excluding hydrogens is 198 g/mol. The predicted molar refractivity (Wildman–Crippen MR) is 58.5 cm³/mol. The zero-order chi connectivity index (χ0) is 10.6. The zero-order valence-corrected chi connectivity index (χ0v) is 9.95. The van der Waals surface area contributed by atoms with E-state index >= 15 is 0 Å². The summed E-state index contributed by atoms with van der Waals surface area (Å²) in [6.07, 6.45) is 4.31. The Labute approximate surface area is 90.3 Å². The fraction of sp³-hybridized carbons (Fsp3) is 0.900. The second-order valence-electron chi connectivity index (χ2n) is 3.86. The van der Waals surface area contributed by atoms with E-state index in [1.807, 2.05) is 13.8 Å². The highest BCUT2D eigenvalue weighted by Gasteiger charge is 2.40. The van der Waals surface area contributed by atoms with Crippen LogP contribution >= 0.6 is 12.2 Å². The number of rotatable bonds is 4. The van der Waals surface area contributed by atoms with Gasteiger partial charge in [-0.3, -0.25) is 13.7 Å². The lowest BCUT2D eigenvalue weighted by Crippen LogP contribution is -2.19. The molecular formula is C10H19NO2S. The van der Waals surface area contributed by atoms with Gasteiger partial charge in [-0.15, -0.1) is 0 Å². The quantitative estimate of drug-likeness (QED) is 0.581. The highest BCUT2D eigenvalue weighted by atomic mass is 32.2. The first kappa shape index (κ1) is 11.9. The predicted octanol–water partition coefficient (Wildman–Crippen LogP) is 2.67. The maximum Gasteiger partial charge on any atom is 0.234 e. The largest absolute Gasteiger partial charge is 0.290 e. The van der Waals surface area contributed by atoms with Gasteiger partial charge in [-0.05, 0) is 32.6 Å². The van der Waals surface area contributed by atoms with Gasteiger partial charge in [0.15, 0.2) is 0 Å². The number of hydrogen-bond acceptors (Lipinski definition) is 3. The molecule has 0 unspecified atom stereocenters. The van der Waals surface area contributed by atoms with Gasteiger partial charge in [-0.2, -0.15) is 0 Å². The Balaban J connectivity index is 0.000000461. The summed E-state index contributed by atoms with van der Waals surface area (Å²) in [4.78, 5) is 11.1. The molecule has 0 aliphatic heterocycles. The third kappa shape index (κ3) is 3.88. The summed E-state index contributed by atoms with van der Waals surface area (Å²) < 4.78 is 8.07. The molecule has 0 radical (unpaired) electrons. The number of amides is 1. The lowest BCUT2D eigenvalue weighted by Gasteiger charge is -2.08. The average Bonchev–Trinajstić information content (AvgIpc) is 3.03. The molecule has 1 N–H and O–H groups in total. The van der Waals surface area contributed by atoms with E-state index in [1.54, 1.807) is 0 Å².